The van der Waals surface area contributed by atoms with Crippen molar-refractivity contribution in [3.05, 3.63) is 35.4 Å². The molecule has 4 rings (SSSR count). The quantitative estimate of drug-likeness (QED) is 0.784. The number of nitrogens with zero attached hydrogens (tertiary/aromatic N) is 4. The molecule has 1 aliphatic rings. The Morgan fingerprint density at radius 3 is 2.83 bits per heavy atom. The van der Waals surface area contributed by atoms with Gasteiger partial charge < -0.3 is 14.4 Å². The van der Waals surface area contributed by atoms with E-state index in [0.717, 1.165) is 59.1 Å². The summed E-state index contributed by atoms with van der Waals surface area (Å²) in [6, 6.07) is 3.93. The van der Waals surface area contributed by atoms with Crippen LogP contribution >= 0.6 is 0 Å². The molecule has 0 spiro atoms. The molecule has 1 saturated heterocycles. The number of piperidine rings is 1. The van der Waals surface area contributed by atoms with Crippen LogP contribution in [0, 0.1) is 20.8 Å². The lowest BCUT2D eigenvalue weighted by Crippen LogP contribution is -2.40. The minimum atomic E-state index is -0.284. The summed E-state index contributed by atoms with van der Waals surface area (Å²) in [6.45, 7) is 7.60. The van der Waals surface area contributed by atoms with Gasteiger partial charge >= 0.3 is 0 Å². The molecule has 1 aliphatic heterocycles. The fourth-order valence-electron chi connectivity index (χ4n) is 3.48. The molecule has 1 fully saturated rings. The topological polar surface area (TPSA) is 66.8 Å². The molecular formula is C18H22N4O2. The molecular weight excluding hydrogens is 304 g/mol. The third-order valence-corrected chi connectivity index (χ3v) is 4.88. The zero-order valence-corrected chi connectivity index (χ0v) is 14.3. The third-order valence-electron chi connectivity index (χ3n) is 4.88. The van der Waals surface area contributed by atoms with Crippen molar-refractivity contribution in [1.82, 2.24) is 14.6 Å². The number of β-amino-alcohol motifs (C(OH)–C–C–N with tert-alkyl or cyclic N) is 1. The summed E-state index contributed by atoms with van der Waals surface area (Å²) in [5.41, 5.74) is 4.77. The van der Waals surface area contributed by atoms with Gasteiger partial charge in [-0.3, -0.25) is 0 Å². The summed E-state index contributed by atoms with van der Waals surface area (Å²) in [7, 11) is 0. The van der Waals surface area contributed by atoms with Gasteiger partial charge in [-0.2, -0.15) is 9.61 Å². The molecule has 0 amide bonds. The second-order valence-electron chi connectivity index (χ2n) is 6.58. The maximum atomic E-state index is 10.1. The lowest BCUT2D eigenvalue weighted by Gasteiger charge is -2.33. The Kier molecular flexibility index (Phi) is 3.57. The average molecular weight is 326 g/mol. The van der Waals surface area contributed by atoms with Crippen molar-refractivity contribution in [2.75, 3.05) is 18.0 Å². The maximum Gasteiger partial charge on any atom is 0.158 e. The number of aryl methyl sites for hydroxylation is 2. The summed E-state index contributed by atoms with van der Waals surface area (Å²) >= 11 is 0. The zero-order chi connectivity index (χ0) is 16.8. The van der Waals surface area contributed by atoms with Crippen LogP contribution in [0.15, 0.2) is 22.8 Å². The van der Waals surface area contributed by atoms with Crippen molar-refractivity contribution in [2.24, 2.45) is 0 Å². The summed E-state index contributed by atoms with van der Waals surface area (Å²) in [5, 5.41) is 14.9. The largest absolute Gasteiger partial charge is 0.469 e. The molecule has 0 unspecified atom stereocenters. The number of hydrogen-bond donors (Lipinski definition) is 1. The smallest absolute Gasteiger partial charge is 0.158 e. The predicted molar refractivity (Wildman–Crippen MR) is 92.4 cm³/mol. The zero-order valence-electron chi connectivity index (χ0n) is 14.3. The van der Waals surface area contributed by atoms with Crippen LogP contribution in [0.1, 0.15) is 29.9 Å². The summed E-state index contributed by atoms with van der Waals surface area (Å²) in [5.74, 6) is 1.88. The van der Waals surface area contributed by atoms with Gasteiger partial charge in [0.1, 0.15) is 11.6 Å². The predicted octanol–water partition coefficient (Wildman–Crippen LogP) is 2.88. The average Bonchev–Trinajstić information content (AvgIpc) is 3.14. The number of aromatic nitrogens is 3. The molecule has 1 atom stereocenters. The van der Waals surface area contributed by atoms with Crippen LogP contribution in [0.3, 0.4) is 0 Å². The molecule has 3 aromatic heterocycles. The highest BCUT2D eigenvalue weighted by Crippen LogP contribution is 2.30. The van der Waals surface area contributed by atoms with Crippen molar-refractivity contribution in [2.45, 2.75) is 39.7 Å². The van der Waals surface area contributed by atoms with Crippen LogP contribution < -0.4 is 4.90 Å². The summed E-state index contributed by atoms with van der Waals surface area (Å²) < 4.78 is 7.31. The molecule has 126 valence electrons. The van der Waals surface area contributed by atoms with Crippen molar-refractivity contribution in [1.29, 1.82) is 0 Å². The van der Waals surface area contributed by atoms with Gasteiger partial charge in [0.15, 0.2) is 5.65 Å². The van der Waals surface area contributed by atoms with E-state index >= 15 is 0 Å². The molecule has 0 radical (unpaired) electrons. The Labute approximate surface area is 140 Å². The number of furan rings is 1. The minimum Gasteiger partial charge on any atom is -0.469 e. The van der Waals surface area contributed by atoms with E-state index in [0.29, 0.717) is 6.54 Å². The molecule has 0 aliphatic carbocycles. The van der Waals surface area contributed by atoms with Crippen molar-refractivity contribution >= 4 is 11.5 Å². The van der Waals surface area contributed by atoms with Crippen LogP contribution in [0.2, 0.25) is 0 Å². The number of rotatable bonds is 2. The minimum absolute atomic E-state index is 0.284. The van der Waals surface area contributed by atoms with Crippen LogP contribution in [0.5, 0.6) is 0 Å². The molecule has 6 heteroatoms. The highest BCUT2D eigenvalue weighted by atomic mass is 16.3. The Morgan fingerprint density at radius 2 is 2.12 bits per heavy atom. The highest BCUT2D eigenvalue weighted by Gasteiger charge is 2.24. The fourth-order valence-corrected chi connectivity index (χ4v) is 3.48. The Balaban J connectivity index is 1.90. The lowest BCUT2D eigenvalue weighted by atomic mass is 10.1. The summed E-state index contributed by atoms with van der Waals surface area (Å²) in [4.78, 5) is 6.92. The first-order chi connectivity index (χ1) is 11.5. The molecule has 0 bridgehead atoms. The van der Waals surface area contributed by atoms with Crippen molar-refractivity contribution < 1.29 is 9.52 Å². The van der Waals surface area contributed by atoms with Gasteiger partial charge in [0.2, 0.25) is 0 Å². The first-order valence-electron chi connectivity index (χ1n) is 8.39. The van der Waals surface area contributed by atoms with Gasteiger partial charge in [-0.1, -0.05) is 0 Å². The Morgan fingerprint density at radius 1 is 1.29 bits per heavy atom. The molecule has 6 nitrogen and oxygen atoms in total. The first kappa shape index (κ1) is 15.2. The van der Waals surface area contributed by atoms with Gasteiger partial charge in [-0.05, 0) is 39.7 Å². The monoisotopic (exact) mass is 326 g/mol. The van der Waals surface area contributed by atoms with E-state index in [1.807, 2.05) is 30.5 Å². The van der Waals surface area contributed by atoms with Crippen molar-refractivity contribution in [3.8, 4) is 11.3 Å². The summed E-state index contributed by atoms with van der Waals surface area (Å²) in [6.07, 6.45) is 3.24. The Hall–Kier alpha value is -2.34. The molecule has 0 aromatic carbocycles. The van der Waals surface area contributed by atoms with Crippen LogP contribution in [-0.4, -0.2) is 38.9 Å². The number of aliphatic hydroxyl groups is 1. The van der Waals surface area contributed by atoms with Crippen LogP contribution in [0.4, 0.5) is 5.82 Å². The van der Waals surface area contributed by atoms with E-state index in [9.17, 15) is 5.11 Å². The first-order valence-corrected chi connectivity index (χ1v) is 8.39. The van der Waals surface area contributed by atoms with E-state index in [1.165, 1.54) is 0 Å². The van der Waals surface area contributed by atoms with Crippen LogP contribution in [0.25, 0.3) is 16.9 Å². The molecule has 1 N–H and O–H groups in total. The van der Waals surface area contributed by atoms with Gasteiger partial charge in [-0.25, -0.2) is 4.98 Å². The Bertz CT molecular complexity index is 896. The molecule has 3 aromatic rings. The number of hydrogen-bond acceptors (Lipinski definition) is 5. The van der Waals surface area contributed by atoms with Gasteiger partial charge in [0.25, 0.3) is 0 Å². The standard InChI is InChI=1S/C18H22N4O2/c1-11-12(2)19-17-9-16(15-6-8-24-13(15)3)20-22(17)18(11)21-7-4-5-14(23)10-21/h6,8-9,14,23H,4-5,7,10H2,1-3H3/t14-/m1/s1. The SMILES string of the molecule is Cc1nc2cc(-c3ccoc3C)nn2c(N2CCC[C@@H](O)C2)c1C. The van der Waals surface area contributed by atoms with Gasteiger partial charge in [-0.15, -0.1) is 0 Å². The second-order valence-corrected chi connectivity index (χ2v) is 6.58. The van der Waals surface area contributed by atoms with E-state index in [2.05, 4.69) is 11.8 Å². The number of anilines is 1. The number of fused-ring (bicyclic) bond motifs is 1. The van der Waals surface area contributed by atoms with E-state index in [4.69, 9.17) is 14.5 Å². The van der Waals surface area contributed by atoms with E-state index in [1.54, 1.807) is 6.26 Å². The molecule has 24 heavy (non-hydrogen) atoms. The molecule has 0 saturated carbocycles. The number of aliphatic hydroxyl groups excluding tert-OH is 1. The highest BCUT2D eigenvalue weighted by molar-refractivity contribution is 5.68. The third kappa shape index (κ3) is 2.38. The van der Waals surface area contributed by atoms with E-state index in [-0.39, 0.29) is 6.10 Å². The van der Waals surface area contributed by atoms with Crippen LogP contribution in [-0.2, 0) is 0 Å². The van der Waals surface area contributed by atoms with Gasteiger partial charge in [0.05, 0.1) is 18.1 Å². The maximum absolute atomic E-state index is 10.1. The molecule has 4 heterocycles. The lowest BCUT2D eigenvalue weighted by molar-refractivity contribution is 0.153. The second kappa shape index (κ2) is 5.63. The van der Waals surface area contributed by atoms with E-state index < -0.39 is 0 Å². The van der Waals surface area contributed by atoms with Crippen molar-refractivity contribution in [3.63, 3.8) is 0 Å². The van der Waals surface area contributed by atoms with Gasteiger partial charge in [0, 0.05) is 36.0 Å². The fraction of sp³-hybridized carbons (Fsp3) is 0.444. The normalized spacial score (nSPS) is 18.5.